The maximum Gasteiger partial charge on any atom is 0.322 e. The minimum Gasteiger partial charge on any atom is -0.508 e. The van der Waals surface area contributed by atoms with Crippen LogP contribution in [0.3, 0.4) is 0 Å². The van der Waals surface area contributed by atoms with E-state index < -0.39 is 0 Å². The van der Waals surface area contributed by atoms with Gasteiger partial charge in [-0.15, -0.1) is 0 Å². The second-order valence-electron chi connectivity index (χ2n) is 3.95. The lowest BCUT2D eigenvalue weighted by Crippen LogP contribution is -2.37. The first-order valence-electron chi connectivity index (χ1n) is 5.76. The summed E-state index contributed by atoms with van der Waals surface area (Å²) in [6, 6.07) is 6.58. The van der Waals surface area contributed by atoms with Gasteiger partial charge in [0, 0.05) is 6.04 Å². The number of phenols is 1. The Bertz CT molecular complexity index is 361. The van der Waals surface area contributed by atoms with Crippen LogP contribution < -0.4 is 5.32 Å². The highest BCUT2D eigenvalue weighted by molar-refractivity contribution is 5.75. The maximum absolute atomic E-state index is 11.4. The number of carbonyl (C=O) groups excluding carboxylic acids is 1. The summed E-state index contributed by atoms with van der Waals surface area (Å²) < 4.78 is 4.92. The number of esters is 1. The first-order valence-corrected chi connectivity index (χ1v) is 5.76. The quantitative estimate of drug-likeness (QED) is 0.769. The number of hydrogen-bond acceptors (Lipinski definition) is 4. The predicted molar refractivity (Wildman–Crippen MR) is 65.8 cm³/mol. The largest absolute Gasteiger partial charge is 0.508 e. The van der Waals surface area contributed by atoms with Gasteiger partial charge in [-0.1, -0.05) is 12.1 Å². The molecule has 0 saturated carbocycles. The molecule has 0 saturated heterocycles. The Labute approximate surface area is 102 Å². The van der Waals surface area contributed by atoms with Crippen LogP contribution in [-0.2, 0) is 9.53 Å². The van der Waals surface area contributed by atoms with Crippen molar-refractivity contribution in [3.8, 4) is 5.75 Å². The van der Waals surface area contributed by atoms with Crippen LogP contribution in [0.4, 0.5) is 0 Å². The zero-order chi connectivity index (χ0) is 12.8. The van der Waals surface area contributed by atoms with E-state index >= 15 is 0 Å². The molecule has 2 N–H and O–H groups in total. The van der Waals surface area contributed by atoms with Gasteiger partial charge < -0.3 is 9.84 Å². The van der Waals surface area contributed by atoms with E-state index in [9.17, 15) is 9.90 Å². The van der Waals surface area contributed by atoms with E-state index in [1.165, 1.54) is 0 Å². The van der Waals surface area contributed by atoms with Gasteiger partial charge in [0.1, 0.15) is 11.8 Å². The van der Waals surface area contributed by atoms with Crippen molar-refractivity contribution >= 4 is 5.97 Å². The molecule has 2 atom stereocenters. The third kappa shape index (κ3) is 4.07. The second kappa shape index (κ2) is 6.25. The topological polar surface area (TPSA) is 58.6 Å². The molecule has 0 fully saturated rings. The van der Waals surface area contributed by atoms with Crippen LogP contribution in [-0.4, -0.2) is 23.7 Å². The SMILES string of the molecule is CCOC(=O)C(C)NC(C)c1ccc(O)cc1. The number of benzene rings is 1. The van der Waals surface area contributed by atoms with Crippen molar-refractivity contribution in [2.45, 2.75) is 32.9 Å². The lowest BCUT2D eigenvalue weighted by molar-refractivity contribution is -0.145. The molecule has 0 aliphatic heterocycles. The Kier molecular flexibility index (Phi) is 4.97. The van der Waals surface area contributed by atoms with E-state index in [2.05, 4.69) is 5.32 Å². The van der Waals surface area contributed by atoms with Crippen molar-refractivity contribution in [1.29, 1.82) is 0 Å². The van der Waals surface area contributed by atoms with E-state index in [0.717, 1.165) is 5.56 Å². The fourth-order valence-electron chi connectivity index (χ4n) is 1.57. The van der Waals surface area contributed by atoms with Crippen LogP contribution in [0.1, 0.15) is 32.4 Å². The zero-order valence-corrected chi connectivity index (χ0v) is 10.4. The molecule has 0 aliphatic carbocycles. The Hall–Kier alpha value is -1.55. The molecule has 0 radical (unpaired) electrons. The summed E-state index contributed by atoms with van der Waals surface area (Å²) in [7, 11) is 0. The van der Waals surface area contributed by atoms with Crippen molar-refractivity contribution in [2.75, 3.05) is 6.61 Å². The first-order chi connectivity index (χ1) is 8.04. The molecule has 4 nitrogen and oxygen atoms in total. The standard InChI is InChI=1S/C13H19NO3/c1-4-17-13(16)10(3)14-9(2)11-5-7-12(15)8-6-11/h5-10,14-15H,4H2,1-3H3. The van der Waals surface area contributed by atoms with Gasteiger partial charge in [0.25, 0.3) is 0 Å². The minimum atomic E-state index is -0.348. The fourth-order valence-corrected chi connectivity index (χ4v) is 1.57. The fraction of sp³-hybridized carbons (Fsp3) is 0.462. The summed E-state index contributed by atoms with van der Waals surface area (Å²) in [5, 5.41) is 12.3. The molecule has 17 heavy (non-hydrogen) atoms. The average molecular weight is 237 g/mol. The van der Waals surface area contributed by atoms with E-state index in [1.807, 2.05) is 19.1 Å². The van der Waals surface area contributed by atoms with E-state index in [0.29, 0.717) is 6.61 Å². The second-order valence-corrected chi connectivity index (χ2v) is 3.95. The maximum atomic E-state index is 11.4. The summed E-state index contributed by atoms with van der Waals surface area (Å²) in [5.74, 6) is -0.0162. The van der Waals surface area contributed by atoms with Crippen molar-refractivity contribution < 1.29 is 14.6 Å². The predicted octanol–water partition coefficient (Wildman–Crippen LogP) is 1.99. The van der Waals surface area contributed by atoms with E-state index in [1.54, 1.807) is 26.0 Å². The molecule has 0 aromatic heterocycles. The van der Waals surface area contributed by atoms with Crippen LogP contribution in [0.15, 0.2) is 24.3 Å². The van der Waals surface area contributed by atoms with Gasteiger partial charge in [0.15, 0.2) is 0 Å². The summed E-state index contributed by atoms with van der Waals surface area (Å²) in [4.78, 5) is 11.4. The number of carbonyl (C=O) groups is 1. The van der Waals surface area contributed by atoms with E-state index in [-0.39, 0.29) is 23.8 Å². The van der Waals surface area contributed by atoms with E-state index in [4.69, 9.17) is 4.74 Å². The summed E-state index contributed by atoms with van der Waals surface area (Å²) in [6.45, 7) is 5.91. The smallest absolute Gasteiger partial charge is 0.322 e. The van der Waals surface area contributed by atoms with Crippen molar-refractivity contribution in [2.24, 2.45) is 0 Å². The highest BCUT2D eigenvalue weighted by Gasteiger charge is 2.16. The van der Waals surface area contributed by atoms with Gasteiger partial charge in [-0.05, 0) is 38.5 Å². The van der Waals surface area contributed by atoms with Crippen LogP contribution in [0.5, 0.6) is 5.75 Å². The lowest BCUT2D eigenvalue weighted by Gasteiger charge is -2.19. The Morgan fingerprint density at radius 2 is 1.94 bits per heavy atom. The van der Waals surface area contributed by atoms with Gasteiger partial charge in [0.2, 0.25) is 0 Å². The molecule has 4 heteroatoms. The number of nitrogens with one attached hydrogen (secondary N) is 1. The molecular weight excluding hydrogens is 218 g/mol. The number of hydrogen-bond donors (Lipinski definition) is 2. The molecule has 1 aromatic rings. The van der Waals surface area contributed by atoms with Gasteiger partial charge >= 0.3 is 5.97 Å². The number of phenolic OH excluding ortho intramolecular Hbond substituents is 1. The van der Waals surface area contributed by atoms with Crippen molar-refractivity contribution in [3.63, 3.8) is 0 Å². The molecule has 0 aliphatic rings. The molecular formula is C13H19NO3. The molecule has 0 heterocycles. The number of aromatic hydroxyl groups is 1. The molecule has 1 aromatic carbocycles. The summed E-state index contributed by atoms with van der Waals surface area (Å²) in [6.07, 6.45) is 0. The third-order valence-corrected chi connectivity index (χ3v) is 2.53. The van der Waals surface area contributed by atoms with Gasteiger partial charge in [-0.25, -0.2) is 0 Å². The third-order valence-electron chi connectivity index (χ3n) is 2.53. The molecule has 0 spiro atoms. The average Bonchev–Trinajstić information content (AvgIpc) is 2.30. The molecule has 0 bridgehead atoms. The van der Waals surface area contributed by atoms with Crippen LogP contribution >= 0.6 is 0 Å². The normalized spacial score (nSPS) is 14.1. The number of rotatable bonds is 5. The lowest BCUT2D eigenvalue weighted by atomic mass is 10.1. The van der Waals surface area contributed by atoms with Gasteiger partial charge in [-0.3, -0.25) is 10.1 Å². The van der Waals surface area contributed by atoms with Crippen molar-refractivity contribution in [1.82, 2.24) is 5.32 Å². The number of ether oxygens (including phenoxy) is 1. The van der Waals surface area contributed by atoms with Crippen LogP contribution in [0, 0.1) is 0 Å². The molecule has 94 valence electrons. The summed E-state index contributed by atoms with van der Waals surface area (Å²) >= 11 is 0. The van der Waals surface area contributed by atoms with Crippen LogP contribution in [0.2, 0.25) is 0 Å². The molecule has 1 rings (SSSR count). The van der Waals surface area contributed by atoms with Crippen molar-refractivity contribution in [3.05, 3.63) is 29.8 Å². The minimum absolute atomic E-state index is 0.0232. The van der Waals surface area contributed by atoms with Crippen LogP contribution in [0.25, 0.3) is 0 Å². The zero-order valence-electron chi connectivity index (χ0n) is 10.4. The highest BCUT2D eigenvalue weighted by atomic mass is 16.5. The monoisotopic (exact) mass is 237 g/mol. The highest BCUT2D eigenvalue weighted by Crippen LogP contribution is 2.16. The Morgan fingerprint density at radius 3 is 2.47 bits per heavy atom. The van der Waals surface area contributed by atoms with Gasteiger partial charge in [0.05, 0.1) is 6.61 Å². The summed E-state index contributed by atoms with van der Waals surface area (Å²) in [5.41, 5.74) is 1.01. The Morgan fingerprint density at radius 1 is 1.35 bits per heavy atom. The first kappa shape index (κ1) is 13.5. The Balaban J connectivity index is 2.56. The van der Waals surface area contributed by atoms with Gasteiger partial charge in [-0.2, -0.15) is 0 Å². The molecule has 0 amide bonds. The molecule has 2 unspecified atom stereocenters.